The largest absolute Gasteiger partial charge is 0.507 e. The zero-order chi connectivity index (χ0) is 13.9. The van der Waals surface area contributed by atoms with Crippen LogP contribution < -0.4 is 10.2 Å². The molecule has 5 nitrogen and oxygen atoms in total. The molecule has 0 atom stereocenters. The van der Waals surface area contributed by atoms with Crippen LogP contribution in [0.1, 0.15) is 5.69 Å². The maximum atomic E-state index is 9.95. The SMILES string of the molecule is Cc1cc(N2CCNCC2)nc(-c2ccccc2O)n1. The van der Waals surface area contributed by atoms with Crippen LogP contribution in [0.4, 0.5) is 5.82 Å². The number of aromatic hydroxyl groups is 1. The smallest absolute Gasteiger partial charge is 0.165 e. The zero-order valence-corrected chi connectivity index (χ0v) is 11.5. The van der Waals surface area contributed by atoms with Gasteiger partial charge in [-0.15, -0.1) is 0 Å². The van der Waals surface area contributed by atoms with Crippen molar-refractivity contribution < 1.29 is 5.11 Å². The van der Waals surface area contributed by atoms with Crippen molar-refractivity contribution in [1.82, 2.24) is 15.3 Å². The van der Waals surface area contributed by atoms with Crippen LogP contribution in [-0.2, 0) is 0 Å². The number of rotatable bonds is 2. The van der Waals surface area contributed by atoms with Crippen LogP contribution in [0.5, 0.6) is 5.75 Å². The van der Waals surface area contributed by atoms with Crippen molar-refractivity contribution in [3.8, 4) is 17.1 Å². The third-order valence-electron chi connectivity index (χ3n) is 3.43. The van der Waals surface area contributed by atoms with Gasteiger partial charge in [-0.3, -0.25) is 0 Å². The molecule has 0 bridgehead atoms. The van der Waals surface area contributed by atoms with Gasteiger partial charge in [-0.25, -0.2) is 9.97 Å². The highest BCUT2D eigenvalue weighted by atomic mass is 16.3. The molecule has 0 amide bonds. The fourth-order valence-electron chi connectivity index (χ4n) is 2.39. The third-order valence-corrected chi connectivity index (χ3v) is 3.43. The maximum absolute atomic E-state index is 9.95. The Balaban J connectivity index is 2.00. The fourth-order valence-corrected chi connectivity index (χ4v) is 2.39. The Morgan fingerprint density at radius 3 is 2.65 bits per heavy atom. The summed E-state index contributed by atoms with van der Waals surface area (Å²) in [5.74, 6) is 1.72. The Labute approximate surface area is 118 Å². The van der Waals surface area contributed by atoms with Crippen LogP contribution in [-0.4, -0.2) is 41.3 Å². The number of piperazine rings is 1. The van der Waals surface area contributed by atoms with E-state index in [4.69, 9.17) is 0 Å². The van der Waals surface area contributed by atoms with E-state index in [9.17, 15) is 5.11 Å². The van der Waals surface area contributed by atoms with Gasteiger partial charge in [0.15, 0.2) is 5.82 Å². The van der Waals surface area contributed by atoms with Crippen molar-refractivity contribution in [2.24, 2.45) is 0 Å². The van der Waals surface area contributed by atoms with E-state index in [0.717, 1.165) is 37.7 Å². The number of aryl methyl sites for hydroxylation is 1. The summed E-state index contributed by atoms with van der Waals surface area (Å²) >= 11 is 0. The molecule has 1 aliphatic heterocycles. The lowest BCUT2D eigenvalue weighted by atomic mass is 10.2. The lowest BCUT2D eigenvalue weighted by molar-refractivity contribution is 0.477. The summed E-state index contributed by atoms with van der Waals surface area (Å²) < 4.78 is 0. The summed E-state index contributed by atoms with van der Waals surface area (Å²) in [5, 5.41) is 13.3. The maximum Gasteiger partial charge on any atom is 0.165 e. The molecule has 2 heterocycles. The van der Waals surface area contributed by atoms with Gasteiger partial charge in [0.1, 0.15) is 11.6 Å². The van der Waals surface area contributed by atoms with Gasteiger partial charge in [-0.2, -0.15) is 0 Å². The van der Waals surface area contributed by atoms with Gasteiger partial charge in [0.05, 0.1) is 5.56 Å². The summed E-state index contributed by atoms with van der Waals surface area (Å²) in [6, 6.07) is 9.17. The number of phenolic OH excluding ortho intramolecular Hbond substituents is 1. The number of hydrogen-bond acceptors (Lipinski definition) is 5. The molecule has 20 heavy (non-hydrogen) atoms. The van der Waals surface area contributed by atoms with E-state index >= 15 is 0 Å². The summed E-state index contributed by atoms with van der Waals surface area (Å²) in [7, 11) is 0. The molecule has 1 fully saturated rings. The van der Waals surface area contributed by atoms with Gasteiger partial charge in [-0.1, -0.05) is 12.1 Å². The molecular formula is C15H18N4O. The highest BCUT2D eigenvalue weighted by molar-refractivity contribution is 5.65. The quantitative estimate of drug-likeness (QED) is 0.867. The minimum absolute atomic E-state index is 0.212. The number of benzene rings is 1. The average Bonchev–Trinajstić information content (AvgIpc) is 2.48. The highest BCUT2D eigenvalue weighted by Crippen LogP contribution is 2.27. The molecule has 1 aromatic heterocycles. The molecule has 0 radical (unpaired) electrons. The molecular weight excluding hydrogens is 252 g/mol. The highest BCUT2D eigenvalue weighted by Gasteiger charge is 2.15. The van der Waals surface area contributed by atoms with Crippen molar-refractivity contribution in [3.05, 3.63) is 36.0 Å². The first kappa shape index (κ1) is 12.9. The van der Waals surface area contributed by atoms with Crippen LogP contribution in [0.25, 0.3) is 11.4 Å². The minimum Gasteiger partial charge on any atom is -0.507 e. The molecule has 104 valence electrons. The molecule has 0 unspecified atom stereocenters. The predicted octanol–water partition coefficient (Wildman–Crippen LogP) is 1.57. The molecule has 0 spiro atoms. The van der Waals surface area contributed by atoms with Gasteiger partial charge < -0.3 is 15.3 Å². The molecule has 1 aliphatic rings. The van der Waals surface area contributed by atoms with Crippen molar-refractivity contribution >= 4 is 5.82 Å². The van der Waals surface area contributed by atoms with Crippen LogP contribution in [0, 0.1) is 6.92 Å². The summed E-state index contributed by atoms with van der Waals surface area (Å²) in [4.78, 5) is 11.3. The van der Waals surface area contributed by atoms with Gasteiger partial charge >= 0.3 is 0 Å². The lowest BCUT2D eigenvalue weighted by Gasteiger charge is -2.28. The van der Waals surface area contributed by atoms with E-state index in [0.29, 0.717) is 11.4 Å². The second-order valence-electron chi connectivity index (χ2n) is 4.95. The van der Waals surface area contributed by atoms with E-state index in [-0.39, 0.29) is 5.75 Å². The van der Waals surface area contributed by atoms with Crippen molar-refractivity contribution in [2.75, 3.05) is 31.1 Å². The molecule has 0 aliphatic carbocycles. The van der Waals surface area contributed by atoms with Crippen LogP contribution in [0.15, 0.2) is 30.3 Å². The monoisotopic (exact) mass is 270 g/mol. The van der Waals surface area contributed by atoms with E-state index in [2.05, 4.69) is 20.2 Å². The number of phenols is 1. The first-order valence-electron chi connectivity index (χ1n) is 6.84. The van der Waals surface area contributed by atoms with Gasteiger partial charge in [0.2, 0.25) is 0 Å². The Kier molecular flexibility index (Phi) is 3.52. The van der Waals surface area contributed by atoms with E-state index in [1.807, 2.05) is 25.1 Å². The lowest BCUT2D eigenvalue weighted by Crippen LogP contribution is -2.44. The van der Waals surface area contributed by atoms with Crippen molar-refractivity contribution in [1.29, 1.82) is 0 Å². The van der Waals surface area contributed by atoms with Gasteiger partial charge in [0.25, 0.3) is 0 Å². The van der Waals surface area contributed by atoms with E-state index < -0.39 is 0 Å². The number of para-hydroxylation sites is 1. The van der Waals surface area contributed by atoms with Crippen molar-refractivity contribution in [2.45, 2.75) is 6.92 Å². The van der Waals surface area contributed by atoms with E-state index in [1.54, 1.807) is 12.1 Å². The van der Waals surface area contributed by atoms with Crippen LogP contribution in [0.2, 0.25) is 0 Å². The molecule has 1 aromatic carbocycles. The normalized spacial score (nSPS) is 15.3. The molecule has 3 rings (SSSR count). The first-order chi connectivity index (χ1) is 9.74. The second-order valence-corrected chi connectivity index (χ2v) is 4.95. The Hall–Kier alpha value is -2.14. The number of nitrogens with one attached hydrogen (secondary N) is 1. The zero-order valence-electron chi connectivity index (χ0n) is 11.5. The number of nitrogens with zero attached hydrogens (tertiary/aromatic N) is 3. The molecule has 5 heteroatoms. The molecule has 2 N–H and O–H groups in total. The molecule has 1 saturated heterocycles. The predicted molar refractivity (Wildman–Crippen MR) is 79.0 cm³/mol. The van der Waals surface area contributed by atoms with Crippen LogP contribution >= 0.6 is 0 Å². The Bertz CT molecular complexity index is 609. The molecule has 2 aromatic rings. The Morgan fingerprint density at radius 1 is 1.15 bits per heavy atom. The van der Waals surface area contributed by atoms with Gasteiger partial charge in [-0.05, 0) is 19.1 Å². The number of hydrogen-bond donors (Lipinski definition) is 2. The second kappa shape index (κ2) is 5.46. The topological polar surface area (TPSA) is 61.3 Å². The Morgan fingerprint density at radius 2 is 1.90 bits per heavy atom. The first-order valence-corrected chi connectivity index (χ1v) is 6.84. The average molecular weight is 270 g/mol. The number of anilines is 1. The third kappa shape index (κ3) is 2.58. The standard InChI is InChI=1S/C15H18N4O/c1-11-10-14(19-8-6-16-7-9-19)18-15(17-11)12-4-2-3-5-13(12)20/h2-5,10,16,20H,6-9H2,1H3. The minimum atomic E-state index is 0.212. The molecule has 0 saturated carbocycles. The van der Waals surface area contributed by atoms with Crippen LogP contribution in [0.3, 0.4) is 0 Å². The summed E-state index contributed by atoms with van der Waals surface area (Å²) in [6.45, 7) is 5.77. The van der Waals surface area contributed by atoms with E-state index in [1.165, 1.54) is 0 Å². The van der Waals surface area contributed by atoms with Gasteiger partial charge in [0, 0.05) is 37.9 Å². The summed E-state index contributed by atoms with van der Waals surface area (Å²) in [6.07, 6.45) is 0. The number of aromatic nitrogens is 2. The summed E-state index contributed by atoms with van der Waals surface area (Å²) in [5.41, 5.74) is 1.58. The van der Waals surface area contributed by atoms with Crippen molar-refractivity contribution in [3.63, 3.8) is 0 Å². The fraction of sp³-hybridized carbons (Fsp3) is 0.333.